The first-order valence-corrected chi connectivity index (χ1v) is 11.2. The zero-order chi connectivity index (χ0) is 23.9. The van der Waals surface area contributed by atoms with Gasteiger partial charge in [-0.2, -0.15) is 0 Å². The number of hydrogen-bond donors (Lipinski definition) is 1. The number of carbonyl (C=O) groups excluding carboxylic acids is 3. The Morgan fingerprint density at radius 1 is 1.00 bits per heavy atom. The summed E-state index contributed by atoms with van der Waals surface area (Å²) in [5.41, 5.74) is 1.66. The highest BCUT2D eigenvalue weighted by Crippen LogP contribution is 2.51. The van der Waals surface area contributed by atoms with Crippen LogP contribution < -0.4 is 10.1 Å². The molecule has 0 spiro atoms. The molecule has 2 heterocycles. The number of hydrogen-bond acceptors (Lipinski definition) is 6. The maximum absolute atomic E-state index is 13.1. The quantitative estimate of drug-likeness (QED) is 0.538. The van der Waals surface area contributed by atoms with E-state index in [9.17, 15) is 14.4 Å². The molecule has 4 rings (SSSR count). The Morgan fingerprint density at radius 2 is 1.58 bits per heavy atom. The average molecular weight is 451 g/mol. The topological polar surface area (TPSA) is 84.9 Å². The number of amides is 2. The van der Waals surface area contributed by atoms with Gasteiger partial charge in [0.05, 0.1) is 26.1 Å². The molecule has 174 valence electrons. The summed E-state index contributed by atoms with van der Waals surface area (Å²) in [6, 6.07) is 15.2. The third-order valence-electron chi connectivity index (χ3n) is 6.85. The molecule has 0 unspecified atom stereocenters. The van der Waals surface area contributed by atoms with Gasteiger partial charge in [-0.05, 0) is 41.2 Å². The lowest BCUT2D eigenvalue weighted by Crippen LogP contribution is -2.56. The zero-order valence-electron chi connectivity index (χ0n) is 19.6. The second-order valence-electron chi connectivity index (χ2n) is 9.27. The summed E-state index contributed by atoms with van der Waals surface area (Å²) < 4.78 is 10.4. The molecule has 2 saturated heterocycles. The summed E-state index contributed by atoms with van der Waals surface area (Å²) in [7, 11) is 4.44. The Balaban J connectivity index is 1.73. The van der Waals surface area contributed by atoms with Gasteiger partial charge in [-0.15, -0.1) is 0 Å². The van der Waals surface area contributed by atoms with Gasteiger partial charge in [0.1, 0.15) is 11.3 Å². The van der Waals surface area contributed by atoms with Crippen molar-refractivity contribution >= 4 is 17.8 Å². The van der Waals surface area contributed by atoms with E-state index in [4.69, 9.17) is 9.47 Å². The summed E-state index contributed by atoms with van der Waals surface area (Å²) in [5.74, 6) is -1.66. The highest BCUT2D eigenvalue weighted by molar-refractivity contribution is 6.09. The van der Waals surface area contributed by atoms with E-state index in [1.54, 1.807) is 7.11 Å². The van der Waals surface area contributed by atoms with Crippen molar-refractivity contribution in [1.82, 2.24) is 10.2 Å². The van der Waals surface area contributed by atoms with Crippen LogP contribution in [0.3, 0.4) is 0 Å². The van der Waals surface area contributed by atoms with Crippen molar-refractivity contribution in [3.05, 3.63) is 54.1 Å². The molecule has 2 aromatic carbocycles. The van der Waals surface area contributed by atoms with Crippen LogP contribution in [0, 0.1) is 17.8 Å². The molecule has 0 radical (unpaired) electrons. The molecule has 4 atom stereocenters. The Bertz CT molecular complexity index is 1060. The second-order valence-corrected chi connectivity index (χ2v) is 9.27. The zero-order valence-corrected chi connectivity index (χ0v) is 19.6. The normalized spacial score (nSPS) is 26.6. The van der Waals surface area contributed by atoms with Crippen molar-refractivity contribution in [3.63, 3.8) is 0 Å². The Hall–Kier alpha value is -3.19. The third-order valence-corrected chi connectivity index (χ3v) is 6.85. The van der Waals surface area contributed by atoms with Crippen molar-refractivity contribution < 1.29 is 23.9 Å². The van der Waals surface area contributed by atoms with Gasteiger partial charge in [0.15, 0.2) is 0 Å². The molecule has 2 aliphatic heterocycles. The van der Waals surface area contributed by atoms with Crippen molar-refractivity contribution in [1.29, 1.82) is 0 Å². The summed E-state index contributed by atoms with van der Waals surface area (Å²) in [5, 5.41) is 3.40. The van der Waals surface area contributed by atoms with E-state index < -0.39 is 29.4 Å². The molecular formula is C26H30N2O5. The van der Waals surface area contributed by atoms with E-state index in [2.05, 4.69) is 5.32 Å². The van der Waals surface area contributed by atoms with Crippen LogP contribution in [-0.4, -0.2) is 49.5 Å². The van der Waals surface area contributed by atoms with Gasteiger partial charge < -0.3 is 9.47 Å². The van der Waals surface area contributed by atoms with Crippen LogP contribution in [0.5, 0.6) is 5.75 Å². The second kappa shape index (κ2) is 8.63. The SMILES string of the molecule is COC(=O)[C@]1(CC(C)C)N[C@H](c2ccc(-c3ccc(OC)cc3)cc2)[C@@H]2C(=O)N(C)C(=O)[C@@H]21. The van der Waals surface area contributed by atoms with Crippen LogP contribution in [0.2, 0.25) is 0 Å². The van der Waals surface area contributed by atoms with E-state index >= 15 is 0 Å². The predicted octanol–water partition coefficient (Wildman–Crippen LogP) is 3.20. The first-order valence-electron chi connectivity index (χ1n) is 11.2. The lowest BCUT2D eigenvalue weighted by molar-refractivity contribution is -0.154. The number of fused-ring (bicyclic) bond motifs is 1. The molecule has 0 aliphatic carbocycles. The molecule has 2 amide bonds. The smallest absolute Gasteiger partial charge is 0.326 e. The molecule has 0 aromatic heterocycles. The minimum atomic E-state index is -1.25. The van der Waals surface area contributed by atoms with Gasteiger partial charge in [0.25, 0.3) is 0 Å². The van der Waals surface area contributed by atoms with Crippen LogP contribution >= 0.6 is 0 Å². The molecule has 7 heteroatoms. The Labute approximate surface area is 194 Å². The lowest BCUT2D eigenvalue weighted by Gasteiger charge is -2.33. The number of rotatable bonds is 6. The molecule has 7 nitrogen and oxygen atoms in total. The molecule has 0 saturated carbocycles. The fraction of sp³-hybridized carbons (Fsp3) is 0.423. The highest BCUT2D eigenvalue weighted by atomic mass is 16.5. The summed E-state index contributed by atoms with van der Waals surface area (Å²) in [6.07, 6.45) is 0.397. The van der Waals surface area contributed by atoms with Crippen LogP contribution in [0.15, 0.2) is 48.5 Å². The van der Waals surface area contributed by atoms with Crippen LogP contribution in [-0.2, 0) is 19.1 Å². The maximum atomic E-state index is 13.1. The fourth-order valence-electron chi connectivity index (χ4n) is 5.38. The first-order chi connectivity index (χ1) is 15.7. The van der Waals surface area contributed by atoms with E-state index in [1.165, 1.54) is 14.2 Å². The Kier molecular flexibility index (Phi) is 6.01. The standard InChI is InChI=1S/C26H30N2O5/c1-15(2)14-26(25(31)33-5)21-20(23(29)28(3)24(21)30)22(27-26)18-8-6-16(7-9-18)17-10-12-19(32-4)13-11-17/h6-13,15,20-22,27H,14H2,1-5H3/t20-,21-,22-,26-/m1/s1. The average Bonchev–Trinajstić information content (AvgIpc) is 3.28. The summed E-state index contributed by atoms with van der Waals surface area (Å²) in [6.45, 7) is 3.98. The number of nitrogens with one attached hydrogen (secondary N) is 1. The van der Waals surface area contributed by atoms with Crippen molar-refractivity contribution in [2.24, 2.45) is 17.8 Å². The predicted molar refractivity (Wildman–Crippen MR) is 123 cm³/mol. The van der Waals surface area contributed by atoms with Gasteiger partial charge in [-0.25, -0.2) is 0 Å². The molecule has 1 N–H and O–H groups in total. The number of likely N-dealkylation sites (tertiary alicyclic amines) is 1. The van der Waals surface area contributed by atoms with Gasteiger partial charge in [-0.1, -0.05) is 50.2 Å². The number of nitrogens with zero attached hydrogens (tertiary/aromatic N) is 1. The fourth-order valence-corrected chi connectivity index (χ4v) is 5.38. The van der Waals surface area contributed by atoms with Crippen LogP contribution in [0.1, 0.15) is 31.9 Å². The number of ether oxygens (including phenoxy) is 2. The molecule has 2 aliphatic rings. The van der Waals surface area contributed by atoms with E-state index in [0.29, 0.717) is 6.42 Å². The first kappa shape index (κ1) is 23.0. The number of benzene rings is 2. The van der Waals surface area contributed by atoms with Gasteiger partial charge in [0.2, 0.25) is 11.8 Å². The maximum Gasteiger partial charge on any atom is 0.326 e. The number of imide groups is 1. The van der Waals surface area contributed by atoms with Crippen molar-refractivity contribution in [2.45, 2.75) is 31.8 Å². The lowest BCUT2D eigenvalue weighted by atomic mass is 9.75. The minimum absolute atomic E-state index is 0.113. The van der Waals surface area contributed by atoms with Gasteiger partial charge in [0, 0.05) is 13.1 Å². The van der Waals surface area contributed by atoms with Gasteiger partial charge in [-0.3, -0.25) is 24.6 Å². The molecular weight excluding hydrogens is 420 g/mol. The van der Waals surface area contributed by atoms with Crippen LogP contribution in [0.25, 0.3) is 11.1 Å². The number of carbonyl (C=O) groups is 3. The molecule has 2 fully saturated rings. The monoisotopic (exact) mass is 450 g/mol. The molecule has 33 heavy (non-hydrogen) atoms. The number of esters is 1. The highest BCUT2D eigenvalue weighted by Gasteiger charge is 2.68. The largest absolute Gasteiger partial charge is 0.497 e. The van der Waals surface area contributed by atoms with Gasteiger partial charge >= 0.3 is 5.97 Å². The number of methoxy groups -OCH3 is 2. The summed E-state index contributed by atoms with van der Waals surface area (Å²) in [4.78, 5) is 40.5. The van der Waals surface area contributed by atoms with E-state index in [1.807, 2.05) is 62.4 Å². The van der Waals surface area contributed by atoms with E-state index in [-0.39, 0.29) is 17.7 Å². The summed E-state index contributed by atoms with van der Waals surface area (Å²) >= 11 is 0. The Morgan fingerprint density at radius 3 is 2.09 bits per heavy atom. The van der Waals surface area contributed by atoms with Crippen LogP contribution in [0.4, 0.5) is 0 Å². The minimum Gasteiger partial charge on any atom is -0.497 e. The van der Waals surface area contributed by atoms with E-state index in [0.717, 1.165) is 27.3 Å². The van der Waals surface area contributed by atoms with Crippen molar-refractivity contribution in [3.8, 4) is 16.9 Å². The molecule has 2 aromatic rings. The third kappa shape index (κ3) is 3.70. The molecule has 0 bridgehead atoms. The van der Waals surface area contributed by atoms with Crippen molar-refractivity contribution in [2.75, 3.05) is 21.3 Å².